The van der Waals surface area contributed by atoms with E-state index >= 15 is 0 Å². The molecule has 1 aliphatic heterocycles. The number of carbonyl (C=O) groups excluding carboxylic acids is 2. The van der Waals surface area contributed by atoms with Crippen LogP contribution in [0, 0.1) is 0 Å². The van der Waals surface area contributed by atoms with Gasteiger partial charge in [0.25, 0.3) is 5.91 Å². The number of thiophene rings is 1. The van der Waals surface area contributed by atoms with E-state index in [9.17, 15) is 9.59 Å². The van der Waals surface area contributed by atoms with Crippen molar-refractivity contribution in [2.75, 3.05) is 19.8 Å². The summed E-state index contributed by atoms with van der Waals surface area (Å²) in [5.41, 5.74) is 0.677. The van der Waals surface area contributed by atoms with Crippen LogP contribution in [-0.4, -0.2) is 42.4 Å². The van der Waals surface area contributed by atoms with Gasteiger partial charge in [-0.1, -0.05) is 36.4 Å². The number of morpholine rings is 1. The minimum Gasteiger partial charge on any atom is -0.377 e. The quantitative estimate of drug-likeness (QED) is 0.815. The first-order valence-electron chi connectivity index (χ1n) is 7.26. The van der Waals surface area contributed by atoms with Crippen LogP contribution in [0.25, 0.3) is 0 Å². The Kier molecular flexibility index (Phi) is 4.65. The minimum absolute atomic E-state index is 0.0100. The fourth-order valence-corrected chi connectivity index (χ4v) is 3.27. The molecule has 2 heterocycles. The van der Waals surface area contributed by atoms with Gasteiger partial charge in [-0.15, -0.1) is 11.3 Å². The Labute approximate surface area is 133 Å². The molecule has 0 saturated carbocycles. The highest BCUT2D eigenvalue weighted by Gasteiger charge is 2.30. The summed E-state index contributed by atoms with van der Waals surface area (Å²) in [6.07, 6.45) is 0.293. The fourth-order valence-electron chi connectivity index (χ4n) is 2.59. The van der Waals surface area contributed by atoms with Gasteiger partial charge in [0, 0.05) is 18.5 Å². The van der Waals surface area contributed by atoms with Crippen LogP contribution >= 0.6 is 11.3 Å². The molecular formula is C17H17NO3S. The molecule has 0 radical (unpaired) electrons. The predicted molar refractivity (Wildman–Crippen MR) is 85.4 cm³/mol. The average Bonchev–Trinajstić information content (AvgIpc) is 3.10. The summed E-state index contributed by atoms with van der Waals surface area (Å²) in [5.74, 6) is 0.0317. The highest BCUT2D eigenvalue weighted by Crippen LogP contribution is 2.19. The number of amides is 1. The van der Waals surface area contributed by atoms with E-state index in [1.54, 1.807) is 17.0 Å². The average molecular weight is 315 g/mol. The lowest BCUT2D eigenvalue weighted by Crippen LogP contribution is -2.49. The van der Waals surface area contributed by atoms with Crippen molar-refractivity contribution in [1.29, 1.82) is 0 Å². The molecule has 1 unspecified atom stereocenters. The van der Waals surface area contributed by atoms with Crippen molar-refractivity contribution in [2.24, 2.45) is 0 Å². The molecule has 3 rings (SSSR count). The molecule has 0 bridgehead atoms. The van der Waals surface area contributed by atoms with Crippen molar-refractivity contribution >= 4 is 23.0 Å². The largest absolute Gasteiger partial charge is 0.377 e. The van der Waals surface area contributed by atoms with E-state index in [4.69, 9.17) is 4.74 Å². The molecule has 114 valence electrons. The maximum Gasteiger partial charge on any atom is 0.264 e. The molecule has 1 fully saturated rings. The topological polar surface area (TPSA) is 46.6 Å². The first-order chi connectivity index (χ1) is 10.8. The maximum atomic E-state index is 12.6. The molecule has 1 aliphatic rings. The summed E-state index contributed by atoms with van der Waals surface area (Å²) in [4.78, 5) is 27.4. The lowest BCUT2D eigenvalue weighted by Gasteiger charge is -2.35. The second kappa shape index (κ2) is 6.85. The third kappa shape index (κ3) is 3.26. The van der Waals surface area contributed by atoms with Crippen LogP contribution in [0.1, 0.15) is 26.5 Å². The molecule has 0 aliphatic carbocycles. The lowest BCUT2D eigenvalue weighted by molar-refractivity contribution is -0.00255. The van der Waals surface area contributed by atoms with Gasteiger partial charge in [0.1, 0.15) is 0 Å². The summed E-state index contributed by atoms with van der Waals surface area (Å²) in [7, 11) is 0. The number of benzene rings is 1. The summed E-state index contributed by atoms with van der Waals surface area (Å²) in [6.45, 7) is 1.46. The van der Waals surface area contributed by atoms with E-state index in [-0.39, 0.29) is 17.7 Å². The van der Waals surface area contributed by atoms with Gasteiger partial charge >= 0.3 is 0 Å². The van der Waals surface area contributed by atoms with E-state index in [0.717, 1.165) is 0 Å². The van der Waals surface area contributed by atoms with Crippen LogP contribution in [0.5, 0.6) is 0 Å². The third-order valence-corrected chi connectivity index (χ3v) is 4.59. The van der Waals surface area contributed by atoms with E-state index in [2.05, 4.69) is 0 Å². The van der Waals surface area contributed by atoms with Gasteiger partial charge in [-0.05, 0) is 11.4 Å². The van der Waals surface area contributed by atoms with Gasteiger partial charge in [0.2, 0.25) is 0 Å². The number of nitrogens with zero attached hydrogens (tertiary/aromatic N) is 1. The van der Waals surface area contributed by atoms with Crippen LogP contribution in [0.3, 0.4) is 0 Å². The normalized spacial score (nSPS) is 18.2. The maximum absolute atomic E-state index is 12.6. The number of ether oxygens (including phenoxy) is 1. The Morgan fingerprint density at radius 2 is 2.00 bits per heavy atom. The van der Waals surface area contributed by atoms with Crippen molar-refractivity contribution < 1.29 is 14.3 Å². The summed E-state index contributed by atoms with van der Waals surface area (Å²) >= 11 is 1.43. The summed E-state index contributed by atoms with van der Waals surface area (Å²) in [5, 5.41) is 1.89. The van der Waals surface area contributed by atoms with Crippen molar-refractivity contribution in [3.63, 3.8) is 0 Å². The number of carbonyl (C=O) groups is 2. The Hall–Kier alpha value is -1.98. The zero-order valence-corrected chi connectivity index (χ0v) is 12.9. The highest BCUT2D eigenvalue weighted by atomic mass is 32.1. The standard InChI is InChI=1S/C17H17NO3S/c19-15(13-5-2-1-3-6-13)11-14-12-21-9-8-18(14)17(20)16-7-4-10-22-16/h1-7,10,14H,8-9,11-12H2. The summed E-state index contributed by atoms with van der Waals surface area (Å²) in [6, 6.07) is 12.7. The second-order valence-electron chi connectivity index (χ2n) is 5.20. The van der Waals surface area contributed by atoms with E-state index in [0.29, 0.717) is 36.6 Å². The van der Waals surface area contributed by atoms with Crippen molar-refractivity contribution in [2.45, 2.75) is 12.5 Å². The number of ketones is 1. The van der Waals surface area contributed by atoms with Gasteiger partial charge in [0.05, 0.1) is 24.1 Å². The first-order valence-corrected chi connectivity index (χ1v) is 8.14. The van der Waals surface area contributed by atoms with E-state index in [1.165, 1.54) is 11.3 Å². The van der Waals surface area contributed by atoms with Crippen LogP contribution in [0.4, 0.5) is 0 Å². The number of Topliss-reactive ketones (excluding diaryl/α,β-unsaturated/α-hetero) is 1. The van der Waals surface area contributed by atoms with Gasteiger partial charge < -0.3 is 9.64 Å². The first kappa shape index (κ1) is 14.9. The molecule has 1 aromatic carbocycles. The van der Waals surface area contributed by atoms with Gasteiger partial charge in [-0.2, -0.15) is 0 Å². The van der Waals surface area contributed by atoms with Crippen molar-refractivity contribution in [3.8, 4) is 0 Å². The number of rotatable bonds is 4. The predicted octanol–water partition coefficient (Wildman–Crippen LogP) is 2.86. The van der Waals surface area contributed by atoms with Gasteiger partial charge in [-0.3, -0.25) is 9.59 Å². The Morgan fingerprint density at radius 1 is 1.18 bits per heavy atom. The van der Waals surface area contributed by atoms with Crippen LogP contribution in [-0.2, 0) is 4.74 Å². The van der Waals surface area contributed by atoms with E-state index in [1.807, 2.05) is 35.7 Å². The SMILES string of the molecule is O=C(CC1COCCN1C(=O)c1cccs1)c1ccccc1. The molecule has 1 atom stereocenters. The lowest BCUT2D eigenvalue weighted by atomic mass is 10.0. The minimum atomic E-state index is -0.198. The van der Waals surface area contributed by atoms with Crippen molar-refractivity contribution in [3.05, 3.63) is 58.3 Å². The molecule has 1 amide bonds. The molecule has 22 heavy (non-hydrogen) atoms. The number of hydrogen-bond donors (Lipinski definition) is 0. The van der Waals surface area contributed by atoms with Crippen molar-refractivity contribution in [1.82, 2.24) is 4.90 Å². The van der Waals surface area contributed by atoms with E-state index < -0.39 is 0 Å². The second-order valence-corrected chi connectivity index (χ2v) is 6.15. The van der Waals surface area contributed by atoms with Gasteiger partial charge in [-0.25, -0.2) is 0 Å². The molecule has 4 nitrogen and oxygen atoms in total. The van der Waals surface area contributed by atoms with Crippen LogP contribution in [0.15, 0.2) is 47.8 Å². The Morgan fingerprint density at radius 3 is 2.73 bits per heavy atom. The molecule has 0 N–H and O–H groups in total. The smallest absolute Gasteiger partial charge is 0.264 e. The molecule has 0 spiro atoms. The Balaban J connectivity index is 1.73. The molecular weight excluding hydrogens is 298 g/mol. The van der Waals surface area contributed by atoms with Gasteiger partial charge in [0.15, 0.2) is 5.78 Å². The molecule has 5 heteroatoms. The zero-order chi connectivity index (χ0) is 15.4. The molecule has 1 aromatic heterocycles. The molecule has 2 aromatic rings. The monoisotopic (exact) mass is 315 g/mol. The van der Waals surface area contributed by atoms with Crippen LogP contribution < -0.4 is 0 Å². The summed E-state index contributed by atoms with van der Waals surface area (Å²) < 4.78 is 5.47. The van der Waals surface area contributed by atoms with Crippen LogP contribution in [0.2, 0.25) is 0 Å². The fraction of sp³-hybridized carbons (Fsp3) is 0.294. The third-order valence-electron chi connectivity index (χ3n) is 3.74. The highest BCUT2D eigenvalue weighted by molar-refractivity contribution is 7.12. The number of hydrogen-bond acceptors (Lipinski definition) is 4. The molecule has 1 saturated heterocycles. The zero-order valence-electron chi connectivity index (χ0n) is 12.1. The Bertz CT molecular complexity index is 639.